The summed E-state index contributed by atoms with van der Waals surface area (Å²) in [6.07, 6.45) is -0.214. The molecule has 0 atom stereocenters. The first-order valence-corrected chi connectivity index (χ1v) is 6.47. The summed E-state index contributed by atoms with van der Waals surface area (Å²) < 4.78 is 0. The molecule has 112 valence electrons. The number of nitrogens with one attached hydrogen (secondary N) is 1. The predicted molar refractivity (Wildman–Crippen MR) is 79.6 cm³/mol. The zero-order chi connectivity index (χ0) is 16.0. The van der Waals surface area contributed by atoms with Crippen molar-refractivity contribution in [2.45, 2.75) is 27.2 Å². The molecule has 21 heavy (non-hydrogen) atoms. The third kappa shape index (κ3) is 5.18. The molecule has 0 spiro atoms. The van der Waals surface area contributed by atoms with Crippen molar-refractivity contribution in [3.63, 3.8) is 0 Å². The summed E-state index contributed by atoms with van der Waals surface area (Å²) in [5.41, 5.74) is 7.03. The largest absolute Gasteiger partial charge is 0.364 e. The molecule has 0 aromatic heterocycles. The first-order chi connectivity index (χ1) is 9.71. The molecule has 0 fully saturated rings. The lowest BCUT2D eigenvalue weighted by atomic mass is 9.88. The number of hydrazone groups is 1. The van der Waals surface area contributed by atoms with Gasteiger partial charge in [0.2, 0.25) is 0 Å². The second-order valence-electron chi connectivity index (χ2n) is 5.58. The van der Waals surface area contributed by atoms with Gasteiger partial charge in [-0.3, -0.25) is 14.4 Å². The van der Waals surface area contributed by atoms with Crippen LogP contribution < -0.4 is 11.2 Å². The number of hydrogen-bond acceptors (Lipinski definition) is 4. The fraction of sp³-hybridized carbons (Fsp3) is 0.333. The van der Waals surface area contributed by atoms with Crippen molar-refractivity contribution in [1.29, 1.82) is 0 Å². The zero-order valence-electron chi connectivity index (χ0n) is 12.3. The van der Waals surface area contributed by atoms with Crippen molar-refractivity contribution in [1.82, 2.24) is 5.43 Å². The van der Waals surface area contributed by atoms with Gasteiger partial charge in [0.25, 0.3) is 11.8 Å². The van der Waals surface area contributed by atoms with Gasteiger partial charge in [-0.25, -0.2) is 5.43 Å². The summed E-state index contributed by atoms with van der Waals surface area (Å²) in [5.74, 6) is -1.49. The molecule has 0 aliphatic carbocycles. The number of nitrogens with zero attached hydrogens (tertiary/aromatic N) is 1. The first-order valence-electron chi connectivity index (χ1n) is 6.47. The molecule has 6 heteroatoms. The van der Waals surface area contributed by atoms with Crippen LogP contribution in [-0.2, 0) is 9.59 Å². The van der Waals surface area contributed by atoms with Crippen molar-refractivity contribution in [2.24, 2.45) is 16.3 Å². The van der Waals surface area contributed by atoms with Gasteiger partial charge in [-0.05, 0) is 12.1 Å². The van der Waals surface area contributed by atoms with Crippen LogP contribution in [0.1, 0.15) is 37.6 Å². The van der Waals surface area contributed by atoms with Gasteiger partial charge in [0.15, 0.2) is 0 Å². The summed E-state index contributed by atoms with van der Waals surface area (Å²) in [4.78, 5) is 35.0. The van der Waals surface area contributed by atoms with Crippen LogP contribution in [0.3, 0.4) is 0 Å². The number of benzene rings is 1. The Morgan fingerprint density at radius 3 is 2.19 bits per heavy atom. The molecular formula is C15H19N3O3. The minimum absolute atomic E-state index is 0.167. The van der Waals surface area contributed by atoms with Crippen molar-refractivity contribution >= 4 is 23.3 Å². The van der Waals surface area contributed by atoms with E-state index in [2.05, 4.69) is 10.5 Å². The lowest BCUT2D eigenvalue weighted by Gasteiger charge is -2.16. The van der Waals surface area contributed by atoms with Gasteiger partial charge < -0.3 is 5.73 Å². The Morgan fingerprint density at radius 2 is 1.71 bits per heavy atom. The second-order valence-corrected chi connectivity index (χ2v) is 5.58. The van der Waals surface area contributed by atoms with Crippen LogP contribution in [0.25, 0.3) is 0 Å². The number of rotatable bonds is 5. The normalized spacial score (nSPS) is 11.9. The maximum absolute atomic E-state index is 11.9. The van der Waals surface area contributed by atoms with Crippen LogP contribution in [0.4, 0.5) is 0 Å². The molecule has 0 heterocycles. The maximum atomic E-state index is 11.9. The summed E-state index contributed by atoms with van der Waals surface area (Å²) >= 11 is 0. The molecule has 1 aromatic carbocycles. The summed E-state index contributed by atoms with van der Waals surface area (Å²) in [6.45, 7) is 5.20. The van der Waals surface area contributed by atoms with Crippen LogP contribution in [-0.4, -0.2) is 23.3 Å². The van der Waals surface area contributed by atoms with Crippen molar-refractivity contribution in [3.05, 3.63) is 35.9 Å². The minimum atomic E-state index is -0.832. The van der Waals surface area contributed by atoms with E-state index in [1.165, 1.54) is 0 Å². The maximum Gasteiger partial charge on any atom is 0.271 e. The quantitative estimate of drug-likeness (QED) is 0.630. The van der Waals surface area contributed by atoms with Crippen molar-refractivity contribution in [2.75, 3.05) is 0 Å². The number of hydrogen-bond donors (Lipinski definition) is 2. The van der Waals surface area contributed by atoms with Crippen LogP contribution in [0.5, 0.6) is 0 Å². The molecule has 6 nitrogen and oxygen atoms in total. The predicted octanol–water partition coefficient (Wildman–Crippen LogP) is 1.26. The fourth-order valence-corrected chi connectivity index (χ4v) is 1.37. The standard InChI is InChI=1S/C15H19N3O3/c1-15(2,3)12(19)9-11(13(16)20)17-18-14(21)10-7-5-4-6-8-10/h4-8H,9H2,1-3H3,(H2,16,20)(H,18,21). The number of ketones is 1. The van der Waals surface area contributed by atoms with E-state index in [4.69, 9.17) is 5.73 Å². The van der Waals surface area contributed by atoms with Crippen molar-refractivity contribution < 1.29 is 14.4 Å². The molecule has 3 N–H and O–H groups in total. The number of primary amides is 1. The van der Waals surface area contributed by atoms with Crippen LogP contribution in [0.15, 0.2) is 35.4 Å². The van der Waals surface area contributed by atoms with E-state index >= 15 is 0 Å². The minimum Gasteiger partial charge on any atom is -0.364 e. The average molecular weight is 289 g/mol. The van der Waals surface area contributed by atoms with Crippen LogP contribution in [0, 0.1) is 5.41 Å². The van der Waals surface area contributed by atoms with E-state index in [-0.39, 0.29) is 17.9 Å². The zero-order valence-corrected chi connectivity index (χ0v) is 12.3. The van der Waals surface area contributed by atoms with Crippen LogP contribution in [0.2, 0.25) is 0 Å². The number of carbonyl (C=O) groups is 3. The molecular weight excluding hydrogens is 270 g/mol. The topological polar surface area (TPSA) is 102 Å². The third-order valence-electron chi connectivity index (χ3n) is 2.78. The van der Waals surface area contributed by atoms with Crippen LogP contribution >= 0.6 is 0 Å². The SMILES string of the molecule is CC(C)(C)C(=O)CC(=NNC(=O)c1ccccc1)C(N)=O. The highest BCUT2D eigenvalue weighted by Gasteiger charge is 2.24. The molecule has 0 unspecified atom stereocenters. The highest BCUT2D eigenvalue weighted by molar-refractivity contribution is 6.41. The summed E-state index contributed by atoms with van der Waals surface area (Å²) in [7, 11) is 0. The van der Waals surface area contributed by atoms with Gasteiger partial charge in [0, 0.05) is 11.0 Å². The van der Waals surface area contributed by atoms with E-state index in [9.17, 15) is 14.4 Å². The molecule has 0 radical (unpaired) electrons. The highest BCUT2D eigenvalue weighted by Crippen LogP contribution is 2.16. The van der Waals surface area contributed by atoms with Gasteiger partial charge in [0.1, 0.15) is 11.5 Å². The average Bonchev–Trinajstić information content (AvgIpc) is 2.42. The molecule has 0 saturated heterocycles. The lowest BCUT2D eigenvalue weighted by molar-refractivity contribution is -0.125. The molecule has 1 rings (SSSR count). The molecule has 0 aliphatic rings. The Bertz CT molecular complexity index is 572. The number of nitrogens with two attached hydrogens (primary N) is 1. The Hall–Kier alpha value is -2.50. The Kier molecular flexibility index (Phi) is 5.35. The highest BCUT2D eigenvalue weighted by atomic mass is 16.2. The Balaban J connectivity index is 2.80. The Labute approximate surface area is 123 Å². The monoisotopic (exact) mass is 289 g/mol. The van der Waals surface area contributed by atoms with E-state index in [0.29, 0.717) is 5.56 Å². The molecule has 2 amide bonds. The fourth-order valence-electron chi connectivity index (χ4n) is 1.37. The number of carbonyl (C=O) groups excluding carboxylic acids is 3. The van der Waals surface area contributed by atoms with Gasteiger partial charge in [-0.1, -0.05) is 39.0 Å². The van der Waals surface area contributed by atoms with E-state index < -0.39 is 17.2 Å². The number of amides is 2. The third-order valence-corrected chi connectivity index (χ3v) is 2.78. The Morgan fingerprint density at radius 1 is 1.14 bits per heavy atom. The van der Waals surface area contributed by atoms with Crippen molar-refractivity contribution in [3.8, 4) is 0 Å². The van der Waals surface area contributed by atoms with Gasteiger partial charge in [-0.2, -0.15) is 5.10 Å². The lowest BCUT2D eigenvalue weighted by Crippen LogP contribution is -2.33. The number of Topliss-reactive ketones (excluding diaryl/α,β-unsaturated/α-hetero) is 1. The van der Waals surface area contributed by atoms with E-state index in [1.54, 1.807) is 51.1 Å². The van der Waals surface area contributed by atoms with E-state index in [0.717, 1.165) is 0 Å². The van der Waals surface area contributed by atoms with Gasteiger partial charge in [-0.15, -0.1) is 0 Å². The first kappa shape index (κ1) is 16.6. The molecule has 1 aromatic rings. The van der Waals surface area contributed by atoms with Gasteiger partial charge >= 0.3 is 0 Å². The van der Waals surface area contributed by atoms with E-state index in [1.807, 2.05) is 0 Å². The van der Waals surface area contributed by atoms with Gasteiger partial charge in [0.05, 0.1) is 6.42 Å². The molecule has 0 bridgehead atoms. The summed E-state index contributed by atoms with van der Waals surface area (Å²) in [5, 5.41) is 3.67. The second kappa shape index (κ2) is 6.78. The smallest absolute Gasteiger partial charge is 0.271 e. The molecule has 0 aliphatic heterocycles. The molecule has 0 saturated carbocycles. The summed E-state index contributed by atoms with van der Waals surface area (Å²) in [6, 6.07) is 8.40.